The van der Waals surface area contributed by atoms with Crippen molar-refractivity contribution in [2.24, 2.45) is 5.73 Å². The fourth-order valence-electron chi connectivity index (χ4n) is 2.05. The smallest absolute Gasteiger partial charge is 0.0551 e. The number of thiophene rings is 1. The summed E-state index contributed by atoms with van der Waals surface area (Å²) in [5, 5.41) is 2.82. The average molecular weight is 360 g/mol. The van der Waals surface area contributed by atoms with Crippen LogP contribution in [0.1, 0.15) is 16.5 Å². The van der Waals surface area contributed by atoms with E-state index in [1.165, 1.54) is 4.88 Å². The van der Waals surface area contributed by atoms with Crippen molar-refractivity contribution in [1.29, 1.82) is 0 Å². The standard InChI is InChI=1S/C14H16BrClN2S/c1-18(9-11-3-2-6-19-11)14(8-17)10-4-5-12(15)13(16)7-10/h2-7,14H,8-9,17H2,1H3. The maximum atomic E-state index is 6.16. The van der Waals surface area contributed by atoms with Gasteiger partial charge in [-0.2, -0.15) is 0 Å². The van der Waals surface area contributed by atoms with Crippen LogP contribution in [0.5, 0.6) is 0 Å². The summed E-state index contributed by atoms with van der Waals surface area (Å²) in [4.78, 5) is 3.59. The van der Waals surface area contributed by atoms with Gasteiger partial charge in [-0.15, -0.1) is 11.3 Å². The number of rotatable bonds is 5. The van der Waals surface area contributed by atoms with Gasteiger partial charge in [0.05, 0.1) is 5.02 Å². The molecule has 1 aromatic heterocycles. The third-order valence-electron chi connectivity index (χ3n) is 3.07. The molecule has 0 spiro atoms. The van der Waals surface area contributed by atoms with Crippen molar-refractivity contribution in [2.75, 3.05) is 13.6 Å². The van der Waals surface area contributed by atoms with E-state index in [9.17, 15) is 0 Å². The van der Waals surface area contributed by atoms with Crippen molar-refractivity contribution in [3.8, 4) is 0 Å². The molecule has 2 nitrogen and oxygen atoms in total. The van der Waals surface area contributed by atoms with Crippen LogP contribution in [-0.2, 0) is 6.54 Å². The Labute approximate surface area is 131 Å². The Balaban J connectivity index is 2.16. The van der Waals surface area contributed by atoms with E-state index in [1.807, 2.05) is 12.1 Å². The third kappa shape index (κ3) is 3.80. The number of nitrogens with two attached hydrogens (primary N) is 1. The zero-order valence-corrected chi connectivity index (χ0v) is 13.8. The maximum Gasteiger partial charge on any atom is 0.0551 e. The van der Waals surface area contributed by atoms with Crippen molar-refractivity contribution < 1.29 is 0 Å². The van der Waals surface area contributed by atoms with Crippen LogP contribution in [0.3, 0.4) is 0 Å². The van der Waals surface area contributed by atoms with Gasteiger partial charge in [-0.1, -0.05) is 23.7 Å². The zero-order chi connectivity index (χ0) is 13.8. The predicted molar refractivity (Wildman–Crippen MR) is 86.7 cm³/mol. The summed E-state index contributed by atoms with van der Waals surface area (Å²) >= 11 is 11.3. The van der Waals surface area contributed by atoms with E-state index in [0.717, 1.165) is 21.6 Å². The summed E-state index contributed by atoms with van der Waals surface area (Å²) in [6.07, 6.45) is 0. The molecule has 2 rings (SSSR count). The molecule has 0 aliphatic carbocycles. The lowest BCUT2D eigenvalue weighted by Crippen LogP contribution is -2.29. The van der Waals surface area contributed by atoms with Gasteiger partial charge < -0.3 is 5.73 Å². The number of benzene rings is 1. The van der Waals surface area contributed by atoms with Crippen LogP contribution in [0.2, 0.25) is 5.02 Å². The van der Waals surface area contributed by atoms with Gasteiger partial charge in [0.25, 0.3) is 0 Å². The van der Waals surface area contributed by atoms with Crippen LogP contribution in [0.15, 0.2) is 40.2 Å². The molecule has 0 aliphatic heterocycles. The summed E-state index contributed by atoms with van der Waals surface area (Å²) in [6.45, 7) is 1.47. The Hall–Kier alpha value is -0.390. The number of nitrogens with zero attached hydrogens (tertiary/aromatic N) is 1. The van der Waals surface area contributed by atoms with E-state index in [4.69, 9.17) is 17.3 Å². The van der Waals surface area contributed by atoms with Gasteiger partial charge in [-0.3, -0.25) is 4.90 Å². The van der Waals surface area contributed by atoms with Crippen LogP contribution in [0.25, 0.3) is 0 Å². The average Bonchev–Trinajstić information content (AvgIpc) is 2.87. The van der Waals surface area contributed by atoms with Gasteiger partial charge >= 0.3 is 0 Å². The molecule has 0 bridgehead atoms. The molecule has 1 atom stereocenters. The van der Waals surface area contributed by atoms with Gasteiger partial charge in [0.2, 0.25) is 0 Å². The molecule has 1 aromatic carbocycles. The lowest BCUT2D eigenvalue weighted by atomic mass is 10.1. The van der Waals surface area contributed by atoms with Gasteiger partial charge in [0.15, 0.2) is 0 Å². The molecule has 1 unspecified atom stereocenters. The first-order valence-corrected chi connectivity index (χ1v) is 8.04. The van der Waals surface area contributed by atoms with E-state index >= 15 is 0 Å². The van der Waals surface area contributed by atoms with E-state index in [1.54, 1.807) is 11.3 Å². The summed E-state index contributed by atoms with van der Waals surface area (Å²) in [6, 6.07) is 10.4. The van der Waals surface area contributed by atoms with Crippen LogP contribution >= 0.6 is 38.9 Å². The van der Waals surface area contributed by atoms with E-state index < -0.39 is 0 Å². The molecule has 5 heteroatoms. The quantitative estimate of drug-likeness (QED) is 0.862. The normalized spacial score (nSPS) is 12.9. The Kier molecular flexibility index (Phi) is 5.42. The van der Waals surface area contributed by atoms with Gasteiger partial charge in [-0.05, 0) is 52.1 Å². The second-order valence-electron chi connectivity index (χ2n) is 4.42. The van der Waals surface area contributed by atoms with Crippen LogP contribution in [0.4, 0.5) is 0 Å². The number of hydrogen-bond donors (Lipinski definition) is 1. The second-order valence-corrected chi connectivity index (χ2v) is 6.71. The minimum absolute atomic E-state index is 0.174. The fraction of sp³-hybridized carbons (Fsp3) is 0.286. The number of hydrogen-bond acceptors (Lipinski definition) is 3. The van der Waals surface area contributed by atoms with Crippen molar-refractivity contribution in [2.45, 2.75) is 12.6 Å². The van der Waals surface area contributed by atoms with Crippen molar-refractivity contribution >= 4 is 38.9 Å². The highest BCUT2D eigenvalue weighted by atomic mass is 79.9. The Morgan fingerprint density at radius 1 is 1.42 bits per heavy atom. The summed E-state index contributed by atoms with van der Waals surface area (Å²) in [5.41, 5.74) is 7.08. The molecule has 0 radical (unpaired) electrons. The first kappa shape index (κ1) is 15.0. The van der Waals surface area contributed by atoms with Crippen molar-refractivity contribution in [3.63, 3.8) is 0 Å². The molecule has 0 fully saturated rings. The van der Waals surface area contributed by atoms with Crippen molar-refractivity contribution in [1.82, 2.24) is 4.90 Å². The molecule has 0 saturated carbocycles. The highest BCUT2D eigenvalue weighted by Gasteiger charge is 2.16. The molecule has 1 heterocycles. The lowest BCUT2D eigenvalue weighted by Gasteiger charge is -2.27. The van der Waals surface area contributed by atoms with Crippen LogP contribution < -0.4 is 5.73 Å². The molecule has 2 N–H and O–H groups in total. The largest absolute Gasteiger partial charge is 0.329 e. The van der Waals surface area contributed by atoms with E-state index in [2.05, 4.69) is 51.5 Å². The fourth-order valence-corrected chi connectivity index (χ4v) is 3.25. The predicted octanol–water partition coefficient (Wildman–Crippen LogP) is 4.30. The highest BCUT2D eigenvalue weighted by Crippen LogP contribution is 2.28. The number of halogens is 2. The molecule has 102 valence electrons. The summed E-state index contributed by atoms with van der Waals surface area (Å²) < 4.78 is 0.912. The first-order valence-electron chi connectivity index (χ1n) is 5.99. The Morgan fingerprint density at radius 2 is 2.21 bits per heavy atom. The van der Waals surface area contributed by atoms with Crippen LogP contribution in [0, 0.1) is 0 Å². The van der Waals surface area contributed by atoms with Crippen molar-refractivity contribution in [3.05, 3.63) is 55.6 Å². The molecule has 2 aromatic rings. The SMILES string of the molecule is CN(Cc1cccs1)C(CN)c1ccc(Br)c(Cl)c1. The maximum absolute atomic E-state index is 6.16. The second kappa shape index (κ2) is 6.86. The zero-order valence-electron chi connectivity index (χ0n) is 10.6. The lowest BCUT2D eigenvalue weighted by molar-refractivity contribution is 0.244. The molecule has 0 amide bonds. The van der Waals surface area contributed by atoms with E-state index in [0.29, 0.717) is 6.54 Å². The minimum Gasteiger partial charge on any atom is -0.329 e. The molecule has 0 aliphatic rings. The van der Waals surface area contributed by atoms with Gasteiger partial charge in [-0.25, -0.2) is 0 Å². The monoisotopic (exact) mass is 358 g/mol. The Bertz CT molecular complexity index is 530. The van der Waals surface area contributed by atoms with E-state index in [-0.39, 0.29) is 6.04 Å². The molecular formula is C14H16BrClN2S. The molecule has 0 saturated heterocycles. The highest BCUT2D eigenvalue weighted by molar-refractivity contribution is 9.10. The van der Waals surface area contributed by atoms with Crippen LogP contribution in [-0.4, -0.2) is 18.5 Å². The third-order valence-corrected chi connectivity index (χ3v) is 5.16. The molecule has 19 heavy (non-hydrogen) atoms. The first-order chi connectivity index (χ1) is 9.11. The topological polar surface area (TPSA) is 29.3 Å². The minimum atomic E-state index is 0.174. The Morgan fingerprint density at radius 3 is 2.79 bits per heavy atom. The summed E-state index contributed by atoms with van der Waals surface area (Å²) in [5.74, 6) is 0. The summed E-state index contributed by atoms with van der Waals surface area (Å²) in [7, 11) is 2.09. The number of likely N-dealkylation sites (N-methyl/N-ethyl adjacent to an activating group) is 1. The van der Waals surface area contributed by atoms with Gasteiger partial charge in [0, 0.05) is 28.5 Å². The molecular weight excluding hydrogens is 344 g/mol. The van der Waals surface area contributed by atoms with Gasteiger partial charge in [0.1, 0.15) is 0 Å².